The van der Waals surface area contributed by atoms with Crippen LogP contribution in [-0.4, -0.2) is 41.1 Å². The number of hydrogen-bond donors (Lipinski definition) is 1. The molecule has 0 spiro atoms. The Bertz CT molecular complexity index is 318. The predicted molar refractivity (Wildman–Crippen MR) is 69.7 cm³/mol. The molecule has 1 saturated carbocycles. The van der Waals surface area contributed by atoms with E-state index in [1.807, 2.05) is 11.8 Å². The van der Waals surface area contributed by atoms with Crippen molar-refractivity contribution in [1.82, 2.24) is 4.90 Å². The molecule has 5 heteroatoms. The molecule has 17 heavy (non-hydrogen) atoms. The van der Waals surface area contributed by atoms with Gasteiger partial charge in [0.1, 0.15) is 0 Å². The third-order valence-electron chi connectivity index (χ3n) is 3.42. The molecule has 2 aliphatic rings. The van der Waals surface area contributed by atoms with Crippen molar-refractivity contribution in [2.75, 3.05) is 13.2 Å². The van der Waals surface area contributed by atoms with Gasteiger partial charge in [0.15, 0.2) is 0 Å². The summed E-state index contributed by atoms with van der Waals surface area (Å²) in [5.41, 5.74) is 5.51. The topological polar surface area (TPSA) is 55.6 Å². The molecule has 2 fully saturated rings. The Kier molecular flexibility index (Phi) is 3.99. The molecule has 1 aliphatic carbocycles. The molecule has 1 heterocycles. The van der Waals surface area contributed by atoms with Gasteiger partial charge in [0, 0.05) is 19.0 Å². The van der Waals surface area contributed by atoms with E-state index >= 15 is 0 Å². The van der Waals surface area contributed by atoms with Crippen LogP contribution in [0, 0.1) is 5.92 Å². The molecule has 2 atom stereocenters. The summed E-state index contributed by atoms with van der Waals surface area (Å²) in [5, 5.41) is 0. The molecular formula is C12H20N2O2S. The zero-order chi connectivity index (χ0) is 12.4. The Hall–Kier alpha value is -0.680. The number of nitrogens with two attached hydrogens (primary N) is 1. The van der Waals surface area contributed by atoms with Gasteiger partial charge in [-0.25, -0.2) is 0 Å². The van der Waals surface area contributed by atoms with E-state index in [1.165, 1.54) is 0 Å². The molecule has 0 aromatic heterocycles. The van der Waals surface area contributed by atoms with Crippen LogP contribution in [-0.2, 0) is 9.53 Å². The van der Waals surface area contributed by atoms with Crippen molar-refractivity contribution in [3.8, 4) is 0 Å². The SMILES string of the molecule is CC1CC(C(=O)N(CCC(N)=S)C2CC2)CO1. The number of hydrogen-bond acceptors (Lipinski definition) is 3. The van der Waals surface area contributed by atoms with Crippen LogP contribution in [0.1, 0.15) is 32.6 Å². The van der Waals surface area contributed by atoms with E-state index in [1.54, 1.807) is 0 Å². The van der Waals surface area contributed by atoms with Crippen LogP contribution in [0.3, 0.4) is 0 Å². The lowest BCUT2D eigenvalue weighted by molar-refractivity contribution is -0.136. The molecule has 2 rings (SSSR count). The fourth-order valence-electron chi connectivity index (χ4n) is 2.31. The number of rotatable bonds is 5. The van der Waals surface area contributed by atoms with Gasteiger partial charge in [0.25, 0.3) is 0 Å². The molecule has 4 nitrogen and oxygen atoms in total. The average Bonchev–Trinajstić information content (AvgIpc) is 3.00. The molecule has 1 saturated heterocycles. The third-order valence-corrected chi connectivity index (χ3v) is 3.62. The van der Waals surface area contributed by atoms with Gasteiger partial charge in [0.05, 0.1) is 23.6 Å². The fourth-order valence-corrected chi connectivity index (χ4v) is 2.40. The van der Waals surface area contributed by atoms with Gasteiger partial charge in [0.2, 0.25) is 5.91 Å². The minimum Gasteiger partial charge on any atom is -0.393 e. The summed E-state index contributed by atoms with van der Waals surface area (Å²) < 4.78 is 5.46. The second-order valence-electron chi connectivity index (χ2n) is 5.06. The lowest BCUT2D eigenvalue weighted by Gasteiger charge is -2.24. The summed E-state index contributed by atoms with van der Waals surface area (Å²) in [7, 11) is 0. The van der Waals surface area contributed by atoms with Gasteiger partial charge < -0.3 is 15.4 Å². The van der Waals surface area contributed by atoms with Crippen LogP contribution in [0.25, 0.3) is 0 Å². The van der Waals surface area contributed by atoms with Gasteiger partial charge in [-0.2, -0.15) is 0 Å². The molecule has 0 bridgehead atoms. The highest BCUT2D eigenvalue weighted by Crippen LogP contribution is 2.30. The van der Waals surface area contributed by atoms with Gasteiger partial charge in [-0.1, -0.05) is 12.2 Å². The van der Waals surface area contributed by atoms with Crippen LogP contribution in [0.2, 0.25) is 0 Å². The van der Waals surface area contributed by atoms with Gasteiger partial charge in [-0.05, 0) is 26.2 Å². The molecule has 96 valence electrons. The van der Waals surface area contributed by atoms with Crippen molar-refractivity contribution in [2.45, 2.75) is 44.8 Å². The lowest BCUT2D eigenvalue weighted by atomic mass is 10.0. The Balaban J connectivity index is 1.90. The van der Waals surface area contributed by atoms with Crippen molar-refractivity contribution in [3.05, 3.63) is 0 Å². The highest BCUT2D eigenvalue weighted by Gasteiger charge is 2.38. The zero-order valence-electron chi connectivity index (χ0n) is 10.2. The second kappa shape index (κ2) is 5.31. The third kappa shape index (κ3) is 3.39. The maximum absolute atomic E-state index is 12.3. The fraction of sp³-hybridized carbons (Fsp3) is 0.833. The number of amides is 1. The Morgan fingerprint density at radius 2 is 2.24 bits per heavy atom. The van der Waals surface area contributed by atoms with Crippen molar-refractivity contribution in [1.29, 1.82) is 0 Å². The van der Waals surface area contributed by atoms with E-state index in [2.05, 4.69) is 0 Å². The number of thiocarbonyl (C=S) groups is 1. The molecule has 0 radical (unpaired) electrons. The monoisotopic (exact) mass is 256 g/mol. The summed E-state index contributed by atoms with van der Waals surface area (Å²) in [5.74, 6) is 0.269. The number of carbonyl (C=O) groups excluding carboxylic acids is 1. The Morgan fingerprint density at radius 3 is 2.71 bits per heavy atom. The normalized spacial score (nSPS) is 28.1. The highest BCUT2D eigenvalue weighted by molar-refractivity contribution is 7.80. The van der Waals surface area contributed by atoms with Crippen LogP contribution in [0.15, 0.2) is 0 Å². The molecule has 1 amide bonds. The van der Waals surface area contributed by atoms with Crippen LogP contribution in [0.4, 0.5) is 0 Å². The number of carbonyl (C=O) groups is 1. The summed E-state index contributed by atoms with van der Waals surface area (Å²) in [6.07, 6.45) is 3.91. The molecular weight excluding hydrogens is 236 g/mol. The molecule has 2 unspecified atom stereocenters. The van der Waals surface area contributed by atoms with E-state index < -0.39 is 0 Å². The molecule has 0 aromatic rings. The van der Waals surface area contributed by atoms with Crippen LogP contribution < -0.4 is 5.73 Å². The molecule has 1 aliphatic heterocycles. The Morgan fingerprint density at radius 1 is 1.53 bits per heavy atom. The first-order valence-corrected chi connectivity index (χ1v) is 6.69. The maximum Gasteiger partial charge on any atom is 0.228 e. The van der Waals surface area contributed by atoms with Crippen LogP contribution in [0.5, 0.6) is 0 Å². The number of nitrogens with zero attached hydrogens (tertiary/aromatic N) is 1. The van der Waals surface area contributed by atoms with Gasteiger partial charge in [-0.15, -0.1) is 0 Å². The largest absolute Gasteiger partial charge is 0.393 e. The standard InChI is InChI=1S/C12H20N2O2S/c1-8-6-9(7-16-8)12(15)14(10-2-3-10)5-4-11(13)17/h8-10H,2-7H2,1H3,(H2,13,17). The predicted octanol–water partition coefficient (Wildman–Crippen LogP) is 1.08. The summed E-state index contributed by atoms with van der Waals surface area (Å²) in [4.78, 5) is 14.8. The van der Waals surface area contributed by atoms with Crippen molar-refractivity contribution in [3.63, 3.8) is 0 Å². The van der Waals surface area contributed by atoms with E-state index in [-0.39, 0.29) is 17.9 Å². The van der Waals surface area contributed by atoms with Gasteiger partial charge >= 0.3 is 0 Å². The Labute approximate surface area is 107 Å². The van der Waals surface area contributed by atoms with Crippen molar-refractivity contribution in [2.24, 2.45) is 11.7 Å². The minimum atomic E-state index is 0.0388. The number of ether oxygens (including phenoxy) is 1. The summed E-state index contributed by atoms with van der Waals surface area (Å²) in [6, 6.07) is 0.424. The first-order valence-electron chi connectivity index (χ1n) is 6.28. The van der Waals surface area contributed by atoms with E-state index in [9.17, 15) is 4.79 Å². The summed E-state index contributed by atoms with van der Waals surface area (Å²) in [6.45, 7) is 3.25. The molecule has 2 N–H and O–H groups in total. The molecule has 0 aromatic carbocycles. The quantitative estimate of drug-likeness (QED) is 0.748. The maximum atomic E-state index is 12.3. The van der Waals surface area contributed by atoms with Gasteiger partial charge in [-0.3, -0.25) is 4.79 Å². The van der Waals surface area contributed by atoms with Crippen molar-refractivity contribution < 1.29 is 9.53 Å². The lowest BCUT2D eigenvalue weighted by Crippen LogP contribution is -2.40. The van der Waals surface area contributed by atoms with E-state index in [0.717, 1.165) is 19.3 Å². The first kappa shape index (κ1) is 12.8. The average molecular weight is 256 g/mol. The second-order valence-corrected chi connectivity index (χ2v) is 5.58. The minimum absolute atomic E-state index is 0.0388. The van der Waals surface area contributed by atoms with Crippen LogP contribution >= 0.6 is 12.2 Å². The summed E-state index contributed by atoms with van der Waals surface area (Å²) >= 11 is 4.88. The van der Waals surface area contributed by atoms with E-state index in [4.69, 9.17) is 22.7 Å². The van der Waals surface area contributed by atoms with Crippen molar-refractivity contribution >= 4 is 23.1 Å². The van der Waals surface area contributed by atoms with E-state index in [0.29, 0.717) is 30.6 Å². The first-order chi connectivity index (χ1) is 8.08. The smallest absolute Gasteiger partial charge is 0.228 e. The zero-order valence-corrected chi connectivity index (χ0v) is 11.0. The highest BCUT2D eigenvalue weighted by atomic mass is 32.1.